The van der Waals surface area contributed by atoms with Gasteiger partial charge < -0.3 is 10.6 Å². The Bertz CT molecular complexity index is 259. The van der Waals surface area contributed by atoms with Crippen molar-refractivity contribution in [2.75, 3.05) is 13.1 Å². The molecule has 0 aromatic carbocycles. The van der Waals surface area contributed by atoms with E-state index in [1.54, 1.807) is 11.8 Å². The standard InChI is InChI=1S/C9H18N4O2/c1-4-13(5-2)8(14)6-7(3)11-12-9(10)15/h4-6H2,1-3H3,(H3,10,12,15)/b11-7+. The number of carbonyl (C=O) groups excluding carboxylic acids is 2. The molecule has 3 amide bonds. The van der Waals surface area contributed by atoms with E-state index in [0.29, 0.717) is 18.8 Å². The molecule has 0 radical (unpaired) electrons. The van der Waals surface area contributed by atoms with Crippen LogP contribution in [0, 0.1) is 0 Å². The third-order valence-corrected chi connectivity index (χ3v) is 1.88. The molecular weight excluding hydrogens is 196 g/mol. The highest BCUT2D eigenvalue weighted by Crippen LogP contribution is 1.95. The van der Waals surface area contributed by atoms with E-state index < -0.39 is 6.03 Å². The first-order valence-electron chi connectivity index (χ1n) is 4.87. The number of primary amides is 1. The fourth-order valence-corrected chi connectivity index (χ4v) is 1.10. The number of amides is 3. The van der Waals surface area contributed by atoms with Crippen LogP contribution >= 0.6 is 0 Å². The van der Waals surface area contributed by atoms with Crippen LogP contribution in [0.1, 0.15) is 27.2 Å². The molecule has 0 aliphatic heterocycles. The first-order valence-corrected chi connectivity index (χ1v) is 4.87. The number of urea groups is 1. The molecule has 0 bridgehead atoms. The molecule has 0 atom stereocenters. The van der Waals surface area contributed by atoms with Crippen LogP contribution < -0.4 is 11.2 Å². The Morgan fingerprint density at radius 3 is 2.27 bits per heavy atom. The highest BCUT2D eigenvalue weighted by molar-refractivity contribution is 6.00. The average molecular weight is 214 g/mol. The summed E-state index contributed by atoms with van der Waals surface area (Å²) in [6, 6.07) is -0.732. The van der Waals surface area contributed by atoms with Gasteiger partial charge in [0.25, 0.3) is 0 Å². The molecule has 6 heteroatoms. The molecule has 0 unspecified atom stereocenters. The summed E-state index contributed by atoms with van der Waals surface area (Å²) in [4.78, 5) is 23.6. The summed E-state index contributed by atoms with van der Waals surface area (Å²) in [6.45, 7) is 6.83. The lowest BCUT2D eigenvalue weighted by Gasteiger charge is -2.18. The molecule has 0 saturated heterocycles. The van der Waals surface area contributed by atoms with E-state index in [-0.39, 0.29) is 12.3 Å². The van der Waals surface area contributed by atoms with Crippen molar-refractivity contribution in [3.05, 3.63) is 0 Å². The summed E-state index contributed by atoms with van der Waals surface area (Å²) in [5, 5.41) is 3.66. The van der Waals surface area contributed by atoms with Gasteiger partial charge in [-0.05, 0) is 20.8 Å². The minimum atomic E-state index is -0.732. The number of nitrogens with two attached hydrogens (primary N) is 1. The largest absolute Gasteiger partial charge is 0.350 e. The summed E-state index contributed by atoms with van der Waals surface area (Å²) in [5.74, 6) is -0.00693. The van der Waals surface area contributed by atoms with Crippen LogP contribution in [-0.4, -0.2) is 35.6 Å². The maximum Gasteiger partial charge on any atom is 0.332 e. The summed E-state index contributed by atoms with van der Waals surface area (Å²) in [7, 11) is 0. The Morgan fingerprint density at radius 2 is 1.87 bits per heavy atom. The van der Waals surface area contributed by atoms with Gasteiger partial charge in [0.05, 0.1) is 6.42 Å². The molecule has 0 saturated carbocycles. The first kappa shape index (κ1) is 13.4. The van der Waals surface area contributed by atoms with Gasteiger partial charge in [0.1, 0.15) is 0 Å². The van der Waals surface area contributed by atoms with Crippen molar-refractivity contribution >= 4 is 17.6 Å². The lowest BCUT2D eigenvalue weighted by molar-refractivity contribution is -0.129. The maximum atomic E-state index is 11.6. The smallest absolute Gasteiger partial charge is 0.332 e. The van der Waals surface area contributed by atoms with Gasteiger partial charge in [0.2, 0.25) is 5.91 Å². The number of hydrogen-bond donors (Lipinski definition) is 2. The van der Waals surface area contributed by atoms with Crippen molar-refractivity contribution in [3.63, 3.8) is 0 Å². The second-order valence-electron chi connectivity index (χ2n) is 3.07. The Hall–Kier alpha value is -1.59. The van der Waals surface area contributed by atoms with E-state index in [1.165, 1.54) is 0 Å². The average Bonchev–Trinajstić information content (AvgIpc) is 2.16. The molecule has 6 nitrogen and oxygen atoms in total. The third kappa shape index (κ3) is 5.66. The number of nitrogens with zero attached hydrogens (tertiary/aromatic N) is 2. The van der Waals surface area contributed by atoms with E-state index >= 15 is 0 Å². The Kier molecular flexibility index (Phi) is 6.08. The van der Waals surface area contributed by atoms with Gasteiger partial charge in [-0.1, -0.05) is 0 Å². The number of carbonyl (C=O) groups is 2. The predicted molar refractivity (Wildman–Crippen MR) is 58.4 cm³/mol. The number of nitrogens with one attached hydrogen (secondary N) is 1. The molecule has 15 heavy (non-hydrogen) atoms. The lowest BCUT2D eigenvalue weighted by Crippen LogP contribution is -2.32. The quantitative estimate of drug-likeness (QED) is 0.509. The minimum absolute atomic E-state index is 0.00693. The van der Waals surface area contributed by atoms with Crippen LogP contribution in [0.25, 0.3) is 0 Å². The van der Waals surface area contributed by atoms with Crippen LogP contribution in [0.3, 0.4) is 0 Å². The summed E-state index contributed by atoms with van der Waals surface area (Å²) >= 11 is 0. The van der Waals surface area contributed by atoms with Gasteiger partial charge >= 0.3 is 6.03 Å². The second kappa shape index (κ2) is 6.80. The normalized spacial score (nSPS) is 11.0. The van der Waals surface area contributed by atoms with E-state index in [1.807, 2.05) is 13.8 Å². The number of rotatable bonds is 5. The summed E-state index contributed by atoms with van der Waals surface area (Å²) in [6.07, 6.45) is 0.196. The molecule has 0 aromatic rings. The molecule has 0 rings (SSSR count). The number of hydrazone groups is 1. The van der Waals surface area contributed by atoms with E-state index in [9.17, 15) is 9.59 Å². The van der Waals surface area contributed by atoms with Crippen molar-refractivity contribution in [2.45, 2.75) is 27.2 Å². The van der Waals surface area contributed by atoms with Gasteiger partial charge in [-0.15, -0.1) is 0 Å². The summed E-state index contributed by atoms with van der Waals surface area (Å²) in [5.41, 5.74) is 7.45. The van der Waals surface area contributed by atoms with Gasteiger partial charge in [-0.3, -0.25) is 4.79 Å². The zero-order chi connectivity index (χ0) is 11.8. The van der Waals surface area contributed by atoms with Crippen LogP contribution in [0.15, 0.2) is 5.10 Å². The Morgan fingerprint density at radius 1 is 1.33 bits per heavy atom. The van der Waals surface area contributed by atoms with Crippen molar-refractivity contribution in [3.8, 4) is 0 Å². The highest BCUT2D eigenvalue weighted by Gasteiger charge is 2.10. The predicted octanol–water partition coefficient (Wildman–Crippen LogP) is 0.289. The molecule has 0 spiro atoms. The van der Waals surface area contributed by atoms with Crippen LogP contribution in [0.2, 0.25) is 0 Å². The Labute approximate surface area is 89.5 Å². The zero-order valence-electron chi connectivity index (χ0n) is 9.41. The van der Waals surface area contributed by atoms with E-state index in [4.69, 9.17) is 5.73 Å². The molecular formula is C9H18N4O2. The van der Waals surface area contributed by atoms with Crippen molar-refractivity contribution in [2.24, 2.45) is 10.8 Å². The molecule has 0 aromatic heterocycles. The lowest BCUT2D eigenvalue weighted by atomic mass is 10.2. The van der Waals surface area contributed by atoms with Crippen LogP contribution in [-0.2, 0) is 4.79 Å². The van der Waals surface area contributed by atoms with Crippen LogP contribution in [0.4, 0.5) is 4.79 Å². The van der Waals surface area contributed by atoms with Gasteiger partial charge in [-0.25, -0.2) is 10.2 Å². The fourth-order valence-electron chi connectivity index (χ4n) is 1.10. The molecule has 0 aliphatic rings. The third-order valence-electron chi connectivity index (χ3n) is 1.88. The Balaban J connectivity index is 4.16. The first-order chi connectivity index (χ1) is 7.01. The summed E-state index contributed by atoms with van der Waals surface area (Å²) < 4.78 is 0. The van der Waals surface area contributed by atoms with Crippen molar-refractivity contribution in [1.82, 2.24) is 10.3 Å². The number of hydrogen-bond acceptors (Lipinski definition) is 3. The fraction of sp³-hybridized carbons (Fsp3) is 0.667. The molecule has 86 valence electrons. The van der Waals surface area contributed by atoms with Crippen molar-refractivity contribution < 1.29 is 9.59 Å². The molecule has 0 heterocycles. The van der Waals surface area contributed by atoms with Gasteiger partial charge in [0, 0.05) is 18.8 Å². The molecule has 0 aliphatic carbocycles. The second-order valence-corrected chi connectivity index (χ2v) is 3.07. The van der Waals surface area contributed by atoms with E-state index in [2.05, 4.69) is 10.5 Å². The van der Waals surface area contributed by atoms with Gasteiger partial charge in [0.15, 0.2) is 0 Å². The van der Waals surface area contributed by atoms with Crippen LogP contribution in [0.5, 0.6) is 0 Å². The SMILES string of the molecule is CCN(CC)C(=O)C/C(C)=N/NC(N)=O. The monoisotopic (exact) mass is 214 g/mol. The van der Waals surface area contributed by atoms with E-state index in [0.717, 1.165) is 0 Å². The maximum absolute atomic E-state index is 11.6. The van der Waals surface area contributed by atoms with Gasteiger partial charge in [-0.2, -0.15) is 5.10 Å². The van der Waals surface area contributed by atoms with Crippen molar-refractivity contribution in [1.29, 1.82) is 0 Å². The molecule has 3 N–H and O–H groups in total. The molecule has 0 fully saturated rings. The highest BCUT2D eigenvalue weighted by atomic mass is 16.2. The topological polar surface area (TPSA) is 87.8 Å². The minimum Gasteiger partial charge on any atom is -0.350 e. The zero-order valence-corrected chi connectivity index (χ0v) is 9.41.